The van der Waals surface area contributed by atoms with E-state index in [9.17, 15) is 0 Å². The van der Waals surface area contributed by atoms with Crippen LogP contribution in [-0.4, -0.2) is 19.1 Å². The van der Waals surface area contributed by atoms with Gasteiger partial charge in [-0.1, -0.05) is 36.4 Å². The lowest BCUT2D eigenvalue weighted by molar-refractivity contribution is 1.13. The van der Waals surface area contributed by atoms with E-state index in [0.29, 0.717) is 0 Å². The van der Waals surface area contributed by atoms with Gasteiger partial charge in [0.05, 0.1) is 5.52 Å². The highest BCUT2D eigenvalue weighted by Crippen LogP contribution is 2.24. The fourth-order valence-electron chi connectivity index (χ4n) is 2.71. The lowest BCUT2D eigenvalue weighted by Crippen LogP contribution is -2.07. The molecule has 23 heavy (non-hydrogen) atoms. The monoisotopic (exact) mass is 302 g/mol. The third-order valence-electron chi connectivity index (χ3n) is 4.12. The maximum absolute atomic E-state index is 4.55. The summed E-state index contributed by atoms with van der Waals surface area (Å²) >= 11 is 0. The Kier molecular flexibility index (Phi) is 4.16. The highest BCUT2D eigenvalue weighted by Gasteiger charge is 2.03. The van der Waals surface area contributed by atoms with E-state index >= 15 is 0 Å². The van der Waals surface area contributed by atoms with Crippen LogP contribution in [0, 0.1) is 13.8 Å². The summed E-state index contributed by atoms with van der Waals surface area (Å²) in [5.74, 6) is 0. The Morgan fingerprint density at radius 1 is 0.913 bits per heavy atom. The molecule has 0 aliphatic heterocycles. The van der Waals surface area contributed by atoms with Crippen molar-refractivity contribution in [2.24, 2.45) is 0 Å². The van der Waals surface area contributed by atoms with Crippen LogP contribution in [-0.2, 0) is 0 Å². The quantitative estimate of drug-likeness (QED) is 0.670. The Labute approximate surface area is 138 Å². The molecule has 0 fully saturated rings. The molecule has 2 aromatic carbocycles. The van der Waals surface area contributed by atoms with E-state index in [-0.39, 0.29) is 0 Å². The van der Waals surface area contributed by atoms with Crippen molar-refractivity contribution in [3.8, 4) is 0 Å². The molecule has 0 atom stereocenters. The predicted molar refractivity (Wildman–Crippen MR) is 101 cm³/mol. The van der Waals surface area contributed by atoms with Crippen molar-refractivity contribution in [2.45, 2.75) is 13.8 Å². The van der Waals surface area contributed by atoms with Crippen LogP contribution in [0.4, 0.5) is 5.69 Å². The Morgan fingerprint density at radius 3 is 2.35 bits per heavy atom. The van der Waals surface area contributed by atoms with Crippen LogP contribution in [0.25, 0.3) is 23.1 Å². The van der Waals surface area contributed by atoms with Crippen molar-refractivity contribution in [1.82, 2.24) is 4.98 Å². The summed E-state index contributed by atoms with van der Waals surface area (Å²) in [6, 6.07) is 15.0. The average Bonchev–Trinajstić information content (AvgIpc) is 2.54. The molecular formula is C21H22N2. The molecule has 3 rings (SSSR count). The van der Waals surface area contributed by atoms with E-state index < -0.39 is 0 Å². The van der Waals surface area contributed by atoms with Gasteiger partial charge in [-0.2, -0.15) is 0 Å². The summed E-state index contributed by atoms with van der Waals surface area (Å²) in [7, 11) is 4.11. The number of rotatable bonds is 3. The molecule has 0 saturated heterocycles. The lowest BCUT2D eigenvalue weighted by atomic mass is 10.0. The maximum Gasteiger partial charge on any atom is 0.0710 e. The summed E-state index contributed by atoms with van der Waals surface area (Å²) < 4.78 is 0. The van der Waals surface area contributed by atoms with Gasteiger partial charge in [0.15, 0.2) is 0 Å². The van der Waals surface area contributed by atoms with Crippen LogP contribution in [0.3, 0.4) is 0 Å². The smallest absolute Gasteiger partial charge is 0.0710 e. The highest BCUT2D eigenvalue weighted by molar-refractivity contribution is 5.92. The first-order valence-electron chi connectivity index (χ1n) is 7.86. The Balaban J connectivity index is 1.98. The summed E-state index contributed by atoms with van der Waals surface area (Å²) in [4.78, 5) is 6.66. The van der Waals surface area contributed by atoms with Gasteiger partial charge in [-0.25, -0.2) is 0 Å². The molecule has 0 aliphatic carbocycles. The molecule has 0 saturated carbocycles. The Morgan fingerprint density at radius 2 is 1.65 bits per heavy atom. The molecule has 0 radical (unpaired) electrons. The summed E-state index contributed by atoms with van der Waals surface area (Å²) in [5.41, 5.74) is 7.14. The number of hydrogen-bond acceptors (Lipinski definition) is 2. The average molecular weight is 302 g/mol. The number of fused-ring (bicyclic) bond motifs is 1. The molecule has 0 unspecified atom stereocenters. The van der Waals surface area contributed by atoms with Crippen LogP contribution >= 0.6 is 0 Å². The molecule has 3 aromatic rings. The molecule has 0 N–H and O–H groups in total. The van der Waals surface area contributed by atoms with Gasteiger partial charge in [-0.15, -0.1) is 0 Å². The van der Waals surface area contributed by atoms with Gasteiger partial charge in [0, 0.05) is 31.4 Å². The van der Waals surface area contributed by atoms with Crippen molar-refractivity contribution < 1.29 is 0 Å². The molecule has 2 heteroatoms. The first-order valence-corrected chi connectivity index (χ1v) is 7.86. The molecule has 1 aromatic heterocycles. The fraction of sp³-hybridized carbons (Fsp3) is 0.190. The van der Waals surface area contributed by atoms with Crippen molar-refractivity contribution >= 4 is 28.7 Å². The van der Waals surface area contributed by atoms with Gasteiger partial charge in [-0.3, -0.25) is 4.98 Å². The van der Waals surface area contributed by atoms with E-state index in [2.05, 4.69) is 92.4 Å². The zero-order valence-electron chi connectivity index (χ0n) is 14.2. The van der Waals surface area contributed by atoms with E-state index in [4.69, 9.17) is 0 Å². The molecule has 2 nitrogen and oxygen atoms in total. The van der Waals surface area contributed by atoms with E-state index in [1.165, 1.54) is 33.3 Å². The first-order chi connectivity index (χ1) is 11.0. The van der Waals surface area contributed by atoms with Crippen LogP contribution in [0.2, 0.25) is 0 Å². The second-order valence-corrected chi connectivity index (χ2v) is 6.19. The van der Waals surface area contributed by atoms with Gasteiger partial charge < -0.3 is 4.90 Å². The topological polar surface area (TPSA) is 16.1 Å². The minimum absolute atomic E-state index is 1.05. The first kappa shape index (κ1) is 15.3. The van der Waals surface area contributed by atoms with Crippen LogP contribution in [0.1, 0.15) is 22.3 Å². The minimum Gasteiger partial charge on any atom is -0.378 e. The second kappa shape index (κ2) is 6.25. The number of nitrogens with zero attached hydrogens (tertiary/aromatic N) is 2. The Hall–Kier alpha value is -2.61. The van der Waals surface area contributed by atoms with Gasteiger partial charge in [0.1, 0.15) is 0 Å². The summed E-state index contributed by atoms with van der Waals surface area (Å²) in [6.07, 6.45) is 6.32. The van der Waals surface area contributed by atoms with Crippen molar-refractivity contribution in [1.29, 1.82) is 0 Å². The molecular weight excluding hydrogens is 280 g/mol. The van der Waals surface area contributed by atoms with Crippen LogP contribution < -0.4 is 4.90 Å². The predicted octanol–water partition coefficient (Wildman–Crippen LogP) is 5.09. The second-order valence-electron chi connectivity index (χ2n) is 6.19. The number of aryl methyl sites for hydroxylation is 2. The summed E-state index contributed by atoms with van der Waals surface area (Å²) in [6.45, 7) is 4.21. The molecule has 116 valence electrons. The molecule has 0 aliphatic rings. The van der Waals surface area contributed by atoms with Crippen molar-refractivity contribution in [3.63, 3.8) is 0 Å². The standard InChI is InChI=1S/C21H22N2/c1-15-5-11-20-19(16(2)14-22-21(20)13-15)12-8-17-6-9-18(10-7-17)23(3)4/h5-14H,1-4H3/b12-8+. The van der Waals surface area contributed by atoms with Crippen molar-refractivity contribution in [3.05, 3.63) is 70.9 Å². The van der Waals surface area contributed by atoms with E-state index in [0.717, 1.165) is 5.52 Å². The zero-order valence-corrected chi connectivity index (χ0v) is 14.2. The normalized spacial score (nSPS) is 11.3. The molecule has 1 heterocycles. The number of aromatic nitrogens is 1. The third kappa shape index (κ3) is 3.26. The van der Waals surface area contributed by atoms with Gasteiger partial charge in [0.25, 0.3) is 0 Å². The number of hydrogen-bond donors (Lipinski definition) is 0. The van der Waals surface area contributed by atoms with Gasteiger partial charge in [-0.05, 0) is 54.3 Å². The summed E-state index contributed by atoms with van der Waals surface area (Å²) in [5, 5.41) is 1.21. The van der Waals surface area contributed by atoms with Gasteiger partial charge in [0.2, 0.25) is 0 Å². The molecule has 0 bridgehead atoms. The SMILES string of the molecule is Cc1ccc2c(/C=C/c3ccc(N(C)C)cc3)c(C)cnc2c1. The van der Waals surface area contributed by atoms with Gasteiger partial charge >= 0.3 is 0 Å². The van der Waals surface area contributed by atoms with Crippen LogP contribution in [0.5, 0.6) is 0 Å². The van der Waals surface area contributed by atoms with E-state index in [1.807, 2.05) is 6.20 Å². The fourth-order valence-corrected chi connectivity index (χ4v) is 2.71. The minimum atomic E-state index is 1.05. The number of benzene rings is 2. The largest absolute Gasteiger partial charge is 0.378 e. The van der Waals surface area contributed by atoms with Crippen molar-refractivity contribution in [2.75, 3.05) is 19.0 Å². The molecule has 0 amide bonds. The van der Waals surface area contributed by atoms with E-state index in [1.54, 1.807) is 0 Å². The van der Waals surface area contributed by atoms with Crippen LogP contribution in [0.15, 0.2) is 48.7 Å². The third-order valence-corrected chi connectivity index (χ3v) is 4.12. The maximum atomic E-state index is 4.55. The highest BCUT2D eigenvalue weighted by atomic mass is 15.1. The zero-order chi connectivity index (χ0) is 16.4. The number of anilines is 1. The molecule has 0 spiro atoms. The Bertz CT molecular complexity index is 859. The number of pyridine rings is 1. The lowest BCUT2D eigenvalue weighted by Gasteiger charge is -2.12.